The van der Waals surface area contributed by atoms with Crippen molar-refractivity contribution in [2.45, 2.75) is 37.1 Å². The van der Waals surface area contributed by atoms with Gasteiger partial charge in [-0.3, -0.25) is 9.78 Å². The molecule has 0 spiro atoms. The summed E-state index contributed by atoms with van der Waals surface area (Å²) in [5, 5.41) is 9.04. The first-order chi connectivity index (χ1) is 9.40. The monoisotopic (exact) mass is 302 g/mol. The maximum atomic E-state index is 12.1. The summed E-state index contributed by atoms with van der Waals surface area (Å²) in [7, 11) is -2.55. The number of carboxylic acids is 1. The Balaban J connectivity index is 2.94. The predicted molar refractivity (Wildman–Crippen MR) is 72.1 cm³/mol. The van der Waals surface area contributed by atoms with Gasteiger partial charge in [0, 0.05) is 12.3 Å². The summed E-state index contributed by atoms with van der Waals surface area (Å²) in [5.41, 5.74) is 0. The van der Waals surface area contributed by atoms with Gasteiger partial charge in [-0.05, 0) is 6.42 Å². The molecule has 0 unspecified atom stereocenters. The number of aromatic nitrogens is 1. The second kappa shape index (κ2) is 7.20. The topological polar surface area (TPSA) is 106 Å². The van der Waals surface area contributed by atoms with Gasteiger partial charge in [0.25, 0.3) is 0 Å². The highest BCUT2D eigenvalue weighted by Crippen LogP contribution is 2.16. The minimum Gasteiger partial charge on any atom is -0.495 e. The molecule has 8 heteroatoms. The first-order valence-electron chi connectivity index (χ1n) is 6.15. The summed E-state index contributed by atoms with van der Waals surface area (Å²) in [6, 6.07) is 0.139. The van der Waals surface area contributed by atoms with Crippen LogP contribution in [0.4, 0.5) is 0 Å². The Kier molecular flexibility index (Phi) is 5.90. The fraction of sp³-hybridized carbons (Fsp3) is 0.500. The van der Waals surface area contributed by atoms with E-state index in [4.69, 9.17) is 9.84 Å². The Bertz CT molecular complexity index is 559. The molecular formula is C12H18N2O5S. The highest BCUT2D eigenvalue weighted by Gasteiger charge is 2.25. The van der Waals surface area contributed by atoms with Crippen LogP contribution in [0.25, 0.3) is 0 Å². The van der Waals surface area contributed by atoms with Gasteiger partial charge in [0.05, 0.1) is 13.3 Å². The van der Waals surface area contributed by atoms with Gasteiger partial charge in [-0.1, -0.05) is 19.8 Å². The number of nitrogens with one attached hydrogen (secondary N) is 1. The third kappa shape index (κ3) is 4.46. The van der Waals surface area contributed by atoms with Gasteiger partial charge < -0.3 is 9.84 Å². The molecule has 0 aliphatic heterocycles. The van der Waals surface area contributed by atoms with E-state index in [0.29, 0.717) is 6.42 Å². The zero-order valence-corrected chi connectivity index (χ0v) is 12.2. The smallest absolute Gasteiger partial charge is 0.321 e. The van der Waals surface area contributed by atoms with Crippen molar-refractivity contribution < 1.29 is 23.1 Å². The van der Waals surface area contributed by atoms with E-state index in [0.717, 1.165) is 12.6 Å². The Morgan fingerprint density at radius 2 is 2.20 bits per heavy atom. The van der Waals surface area contributed by atoms with Gasteiger partial charge in [-0.15, -0.1) is 0 Å². The van der Waals surface area contributed by atoms with Crippen molar-refractivity contribution in [1.82, 2.24) is 9.71 Å². The first kappa shape index (κ1) is 16.4. The van der Waals surface area contributed by atoms with Gasteiger partial charge in [0.2, 0.25) is 10.0 Å². The number of aliphatic carboxylic acids is 1. The molecule has 0 saturated carbocycles. The average molecular weight is 302 g/mol. The molecule has 0 radical (unpaired) electrons. The molecule has 1 atom stereocenters. The molecule has 1 heterocycles. The van der Waals surface area contributed by atoms with E-state index in [2.05, 4.69) is 9.71 Å². The Morgan fingerprint density at radius 3 is 2.75 bits per heavy atom. The van der Waals surface area contributed by atoms with Crippen LogP contribution in [-0.2, 0) is 14.8 Å². The van der Waals surface area contributed by atoms with E-state index in [9.17, 15) is 13.2 Å². The molecule has 0 bridgehead atoms. The van der Waals surface area contributed by atoms with Crippen LogP contribution < -0.4 is 9.46 Å². The van der Waals surface area contributed by atoms with E-state index in [1.54, 1.807) is 0 Å². The number of unbranched alkanes of at least 4 members (excludes halogenated alkanes) is 1. The van der Waals surface area contributed by atoms with Crippen LogP contribution in [0.15, 0.2) is 23.4 Å². The second-order valence-electron chi connectivity index (χ2n) is 4.21. The van der Waals surface area contributed by atoms with E-state index in [1.807, 2.05) is 6.92 Å². The fourth-order valence-electron chi connectivity index (χ4n) is 1.55. The van der Waals surface area contributed by atoms with Gasteiger partial charge in [-0.25, -0.2) is 8.42 Å². The number of ether oxygens (including phenoxy) is 1. The van der Waals surface area contributed by atoms with Crippen LogP contribution in [0.5, 0.6) is 5.75 Å². The van der Waals surface area contributed by atoms with Gasteiger partial charge in [0.1, 0.15) is 16.7 Å². The minimum absolute atomic E-state index is 0.125. The Morgan fingerprint density at radius 1 is 1.50 bits per heavy atom. The van der Waals surface area contributed by atoms with Crippen LogP contribution in [0.1, 0.15) is 26.2 Å². The van der Waals surface area contributed by atoms with Crippen LogP contribution in [-0.4, -0.2) is 37.6 Å². The SMILES string of the molecule is CCCC[C@H](NS(=O)(=O)c1cncc(OC)c1)C(=O)O. The van der Waals surface area contributed by atoms with Gasteiger partial charge in [0.15, 0.2) is 0 Å². The molecule has 1 rings (SSSR count). The molecule has 7 nitrogen and oxygen atoms in total. The summed E-state index contributed by atoms with van der Waals surface area (Å²) in [4.78, 5) is 14.7. The zero-order chi connectivity index (χ0) is 15.2. The number of nitrogens with zero attached hydrogens (tertiary/aromatic N) is 1. The number of rotatable bonds is 8. The third-order valence-electron chi connectivity index (χ3n) is 2.68. The van der Waals surface area contributed by atoms with Crippen LogP contribution in [0, 0.1) is 0 Å². The van der Waals surface area contributed by atoms with Crippen LogP contribution in [0.2, 0.25) is 0 Å². The Labute approximate surface area is 118 Å². The van der Waals surface area contributed by atoms with Gasteiger partial charge >= 0.3 is 5.97 Å². The van der Waals surface area contributed by atoms with Crippen molar-refractivity contribution in [3.63, 3.8) is 0 Å². The average Bonchev–Trinajstić information content (AvgIpc) is 2.43. The third-order valence-corrected chi connectivity index (χ3v) is 4.11. The van der Waals surface area contributed by atoms with Crippen molar-refractivity contribution in [2.75, 3.05) is 7.11 Å². The molecule has 2 N–H and O–H groups in total. The lowest BCUT2D eigenvalue weighted by molar-refractivity contribution is -0.139. The van der Waals surface area contributed by atoms with E-state index in [1.165, 1.54) is 19.4 Å². The zero-order valence-electron chi connectivity index (χ0n) is 11.4. The molecule has 1 aromatic heterocycles. The maximum Gasteiger partial charge on any atom is 0.321 e. The lowest BCUT2D eigenvalue weighted by atomic mass is 10.1. The van der Waals surface area contributed by atoms with Crippen molar-refractivity contribution >= 4 is 16.0 Å². The largest absolute Gasteiger partial charge is 0.495 e. The number of hydrogen-bond donors (Lipinski definition) is 2. The van der Waals surface area contributed by atoms with Gasteiger partial charge in [-0.2, -0.15) is 4.72 Å². The van der Waals surface area contributed by atoms with E-state index < -0.39 is 22.0 Å². The lowest BCUT2D eigenvalue weighted by Gasteiger charge is -2.14. The summed E-state index contributed by atoms with van der Waals surface area (Å²) in [5.74, 6) is -0.911. The summed E-state index contributed by atoms with van der Waals surface area (Å²) >= 11 is 0. The van der Waals surface area contributed by atoms with E-state index in [-0.39, 0.29) is 17.1 Å². The molecule has 0 fully saturated rings. The number of carbonyl (C=O) groups is 1. The molecular weight excluding hydrogens is 284 g/mol. The number of hydrogen-bond acceptors (Lipinski definition) is 5. The number of methoxy groups -OCH3 is 1. The molecule has 0 saturated heterocycles. The maximum absolute atomic E-state index is 12.1. The first-order valence-corrected chi connectivity index (χ1v) is 7.63. The second-order valence-corrected chi connectivity index (χ2v) is 5.93. The summed E-state index contributed by atoms with van der Waals surface area (Å²) < 4.78 is 31.3. The van der Waals surface area contributed by atoms with E-state index >= 15 is 0 Å². The fourth-order valence-corrected chi connectivity index (χ4v) is 2.75. The molecule has 1 aromatic rings. The normalized spacial score (nSPS) is 12.9. The number of pyridine rings is 1. The quantitative estimate of drug-likeness (QED) is 0.742. The lowest BCUT2D eigenvalue weighted by Crippen LogP contribution is -2.40. The Hall–Kier alpha value is -1.67. The minimum atomic E-state index is -3.94. The van der Waals surface area contributed by atoms with Crippen molar-refractivity contribution in [3.8, 4) is 5.75 Å². The standard InChI is InChI=1S/C12H18N2O5S/c1-3-4-5-11(12(15)16)14-20(17,18)10-6-9(19-2)7-13-8-10/h6-8,11,14H,3-5H2,1-2H3,(H,15,16)/t11-/m0/s1. The van der Waals surface area contributed by atoms with Crippen molar-refractivity contribution in [3.05, 3.63) is 18.5 Å². The molecule has 112 valence electrons. The van der Waals surface area contributed by atoms with Crippen LogP contribution in [0.3, 0.4) is 0 Å². The molecule has 0 aliphatic carbocycles. The highest BCUT2D eigenvalue weighted by molar-refractivity contribution is 7.89. The summed E-state index contributed by atoms with van der Waals surface area (Å²) in [6.07, 6.45) is 4.15. The van der Waals surface area contributed by atoms with Crippen molar-refractivity contribution in [1.29, 1.82) is 0 Å². The predicted octanol–water partition coefficient (Wildman–Crippen LogP) is 1.01. The molecule has 0 aromatic carbocycles. The molecule has 0 aliphatic rings. The van der Waals surface area contributed by atoms with Crippen LogP contribution >= 0.6 is 0 Å². The highest BCUT2D eigenvalue weighted by atomic mass is 32.2. The number of carboxylic acid groups (broad SMARTS) is 1. The molecule has 20 heavy (non-hydrogen) atoms. The number of sulfonamides is 1. The molecule has 0 amide bonds. The summed E-state index contributed by atoms with van der Waals surface area (Å²) in [6.45, 7) is 1.90. The van der Waals surface area contributed by atoms with Crippen molar-refractivity contribution in [2.24, 2.45) is 0 Å².